The van der Waals surface area contributed by atoms with Gasteiger partial charge in [0.2, 0.25) is 0 Å². The molecule has 1 rings (SSSR count). The molecular weight excluding hydrogens is 232 g/mol. The van der Waals surface area contributed by atoms with Crippen LogP contribution in [0.1, 0.15) is 26.3 Å². The fourth-order valence-electron chi connectivity index (χ4n) is 1.15. The Bertz CT molecular complexity index is 419. The van der Waals surface area contributed by atoms with Gasteiger partial charge < -0.3 is 9.47 Å². The van der Waals surface area contributed by atoms with Crippen LogP contribution in [0.2, 0.25) is 0 Å². The third kappa shape index (κ3) is 5.34. The maximum Gasteiger partial charge on any atom is 0.428 e. The topological polar surface area (TPSA) is 59.9 Å². The normalized spacial score (nSPS) is 11.3. The van der Waals surface area contributed by atoms with Crippen LogP contribution in [-0.2, 0) is 4.74 Å². The molecule has 0 aliphatic rings. The number of rotatable bonds is 3. The molecule has 98 valence electrons. The molecule has 0 spiro atoms. The van der Waals surface area contributed by atoms with E-state index in [4.69, 9.17) is 9.47 Å². The van der Waals surface area contributed by atoms with Crippen molar-refractivity contribution in [1.82, 2.24) is 5.43 Å². The van der Waals surface area contributed by atoms with Gasteiger partial charge >= 0.3 is 6.09 Å². The molecule has 0 fully saturated rings. The number of ether oxygens (including phenoxy) is 2. The van der Waals surface area contributed by atoms with Gasteiger partial charge in [-0.25, -0.2) is 10.2 Å². The number of hydrogen-bond acceptors (Lipinski definition) is 4. The Morgan fingerprint density at radius 1 is 1.28 bits per heavy atom. The predicted octanol–water partition coefficient (Wildman–Crippen LogP) is 2.55. The standard InChI is InChI=1S/C13H18N2O3/c1-13(2,3)18-12(16)15-14-9-10-5-7-11(17-4)8-6-10/h5-9H,1-4H3,(H,15,16)/b14-9-. The Morgan fingerprint density at radius 2 is 1.89 bits per heavy atom. The van der Waals surface area contributed by atoms with E-state index >= 15 is 0 Å². The summed E-state index contributed by atoms with van der Waals surface area (Å²) in [5, 5.41) is 3.79. The zero-order chi connectivity index (χ0) is 13.6. The second-order valence-electron chi connectivity index (χ2n) is 4.65. The van der Waals surface area contributed by atoms with Gasteiger partial charge in [0.15, 0.2) is 0 Å². The smallest absolute Gasteiger partial charge is 0.428 e. The third-order valence-electron chi connectivity index (χ3n) is 1.88. The van der Waals surface area contributed by atoms with Crippen LogP contribution in [0.3, 0.4) is 0 Å². The highest BCUT2D eigenvalue weighted by molar-refractivity contribution is 5.81. The minimum absolute atomic E-state index is 0.528. The quantitative estimate of drug-likeness (QED) is 0.662. The van der Waals surface area contributed by atoms with Gasteiger partial charge in [-0.05, 0) is 50.6 Å². The maximum absolute atomic E-state index is 11.3. The summed E-state index contributed by atoms with van der Waals surface area (Å²) in [4.78, 5) is 11.3. The SMILES string of the molecule is COc1ccc(/C=N\NC(=O)OC(C)(C)C)cc1. The second-order valence-corrected chi connectivity index (χ2v) is 4.65. The van der Waals surface area contributed by atoms with E-state index in [0.717, 1.165) is 11.3 Å². The second kappa shape index (κ2) is 6.05. The van der Waals surface area contributed by atoms with Crippen molar-refractivity contribution < 1.29 is 14.3 Å². The lowest BCUT2D eigenvalue weighted by atomic mass is 10.2. The lowest BCUT2D eigenvalue weighted by Crippen LogP contribution is -2.29. The van der Waals surface area contributed by atoms with Crippen LogP contribution in [0.4, 0.5) is 4.79 Å². The predicted molar refractivity (Wildman–Crippen MR) is 70.0 cm³/mol. The summed E-state index contributed by atoms with van der Waals surface area (Å²) in [6.07, 6.45) is 0.955. The number of hydrogen-bond donors (Lipinski definition) is 1. The number of carbonyl (C=O) groups excluding carboxylic acids is 1. The first-order valence-corrected chi connectivity index (χ1v) is 5.57. The van der Waals surface area contributed by atoms with Crippen molar-refractivity contribution in [3.63, 3.8) is 0 Å². The molecule has 18 heavy (non-hydrogen) atoms. The van der Waals surface area contributed by atoms with E-state index in [1.807, 2.05) is 24.3 Å². The number of methoxy groups -OCH3 is 1. The number of nitrogens with one attached hydrogen (secondary N) is 1. The molecule has 0 saturated heterocycles. The highest BCUT2D eigenvalue weighted by Crippen LogP contribution is 2.09. The van der Waals surface area contributed by atoms with Crippen molar-refractivity contribution >= 4 is 12.3 Å². The van der Waals surface area contributed by atoms with Crippen molar-refractivity contribution in [2.24, 2.45) is 5.10 Å². The average Bonchev–Trinajstić information content (AvgIpc) is 2.27. The first kappa shape index (κ1) is 14.0. The molecular formula is C13H18N2O3. The Morgan fingerprint density at radius 3 is 2.39 bits per heavy atom. The van der Waals surface area contributed by atoms with Crippen LogP contribution in [0.5, 0.6) is 5.75 Å². The third-order valence-corrected chi connectivity index (χ3v) is 1.88. The molecule has 0 aliphatic carbocycles. The minimum atomic E-state index is -0.577. The van der Waals surface area contributed by atoms with Crippen molar-refractivity contribution in [2.75, 3.05) is 7.11 Å². The zero-order valence-electron chi connectivity index (χ0n) is 11.1. The summed E-state index contributed by atoms with van der Waals surface area (Å²) >= 11 is 0. The van der Waals surface area contributed by atoms with Gasteiger partial charge in [-0.1, -0.05) is 0 Å². The van der Waals surface area contributed by atoms with E-state index in [-0.39, 0.29) is 0 Å². The summed E-state index contributed by atoms with van der Waals surface area (Å²) in [7, 11) is 1.60. The van der Waals surface area contributed by atoms with Crippen LogP contribution >= 0.6 is 0 Å². The summed E-state index contributed by atoms with van der Waals surface area (Å²) in [5.41, 5.74) is 2.62. The first-order chi connectivity index (χ1) is 8.40. The fourth-order valence-corrected chi connectivity index (χ4v) is 1.15. The molecule has 1 amide bonds. The lowest BCUT2D eigenvalue weighted by Gasteiger charge is -2.18. The monoisotopic (exact) mass is 250 g/mol. The Kier molecular flexibility index (Phi) is 4.71. The molecule has 0 atom stereocenters. The molecule has 0 radical (unpaired) electrons. The van der Waals surface area contributed by atoms with E-state index in [2.05, 4.69) is 10.5 Å². The van der Waals surface area contributed by atoms with Crippen LogP contribution in [-0.4, -0.2) is 25.0 Å². The number of nitrogens with zero attached hydrogens (tertiary/aromatic N) is 1. The van der Waals surface area contributed by atoms with E-state index in [1.54, 1.807) is 27.9 Å². The van der Waals surface area contributed by atoms with Gasteiger partial charge in [-0.3, -0.25) is 0 Å². The Labute approximate surface area is 107 Å². The summed E-state index contributed by atoms with van der Waals surface area (Å²) in [5.74, 6) is 0.771. The van der Waals surface area contributed by atoms with E-state index in [9.17, 15) is 4.79 Å². The number of benzene rings is 1. The highest BCUT2D eigenvalue weighted by atomic mass is 16.6. The lowest BCUT2D eigenvalue weighted by molar-refractivity contribution is 0.0529. The molecule has 0 bridgehead atoms. The summed E-state index contributed by atoms with van der Waals surface area (Å²) in [6.45, 7) is 5.37. The Balaban J connectivity index is 2.47. The van der Waals surface area contributed by atoms with Crippen LogP contribution in [0.15, 0.2) is 29.4 Å². The molecule has 5 nitrogen and oxygen atoms in total. The summed E-state index contributed by atoms with van der Waals surface area (Å²) < 4.78 is 10.1. The van der Waals surface area contributed by atoms with Crippen LogP contribution in [0, 0.1) is 0 Å². The molecule has 1 N–H and O–H groups in total. The number of amides is 1. The van der Waals surface area contributed by atoms with Gasteiger partial charge in [0.1, 0.15) is 11.4 Å². The molecule has 1 aromatic carbocycles. The molecule has 0 aromatic heterocycles. The number of carbonyl (C=O) groups is 1. The van der Waals surface area contributed by atoms with Crippen molar-refractivity contribution in [3.05, 3.63) is 29.8 Å². The van der Waals surface area contributed by atoms with Crippen molar-refractivity contribution in [2.45, 2.75) is 26.4 Å². The van der Waals surface area contributed by atoms with Crippen molar-refractivity contribution in [1.29, 1.82) is 0 Å². The molecule has 0 saturated carbocycles. The van der Waals surface area contributed by atoms with Gasteiger partial charge in [-0.15, -0.1) is 0 Å². The fraction of sp³-hybridized carbons (Fsp3) is 0.385. The summed E-state index contributed by atoms with van der Waals surface area (Å²) in [6, 6.07) is 7.29. The molecule has 0 aliphatic heterocycles. The number of hydrazone groups is 1. The van der Waals surface area contributed by atoms with Gasteiger partial charge in [0, 0.05) is 0 Å². The van der Waals surface area contributed by atoms with Crippen LogP contribution in [0.25, 0.3) is 0 Å². The van der Waals surface area contributed by atoms with E-state index in [1.165, 1.54) is 6.21 Å². The van der Waals surface area contributed by atoms with Crippen LogP contribution < -0.4 is 10.2 Å². The first-order valence-electron chi connectivity index (χ1n) is 5.57. The minimum Gasteiger partial charge on any atom is -0.497 e. The van der Waals surface area contributed by atoms with E-state index in [0.29, 0.717) is 0 Å². The zero-order valence-corrected chi connectivity index (χ0v) is 11.1. The average molecular weight is 250 g/mol. The van der Waals surface area contributed by atoms with Gasteiger partial charge in [0.05, 0.1) is 13.3 Å². The highest BCUT2D eigenvalue weighted by Gasteiger charge is 2.15. The Hall–Kier alpha value is -2.04. The largest absolute Gasteiger partial charge is 0.497 e. The molecule has 5 heteroatoms. The van der Waals surface area contributed by atoms with E-state index < -0.39 is 11.7 Å². The van der Waals surface area contributed by atoms with Crippen molar-refractivity contribution in [3.8, 4) is 5.75 Å². The van der Waals surface area contributed by atoms with Gasteiger partial charge in [-0.2, -0.15) is 5.10 Å². The van der Waals surface area contributed by atoms with Gasteiger partial charge in [0.25, 0.3) is 0 Å². The maximum atomic E-state index is 11.3. The molecule has 0 unspecified atom stereocenters. The molecule has 1 aromatic rings. The molecule has 0 heterocycles.